The molecule has 4 heteroatoms. The molecule has 1 amide bonds. The first-order valence-electron chi connectivity index (χ1n) is 7.34. The molecule has 0 saturated carbocycles. The zero-order valence-electron chi connectivity index (χ0n) is 11.8. The summed E-state index contributed by atoms with van der Waals surface area (Å²) in [6.07, 6.45) is 1.56. The van der Waals surface area contributed by atoms with Crippen molar-refractivity contribution in [3.63, 3.8) is 0 Å². The number of morpholine rings is 1. The van der Waals surface area contributed by atoms with Gasteiger partial charge in [0.15, 0.2) is 0 Å². The van der Waals surface area contributed by atoms with E-state index in [4.69, 9.17) is 9.47 Å². The number of rotatable bonds is 2. The molecule has 2 saturated heterocycles. The Bertz CT molecular complexity index is 456. The monoisotopic (exact) mass is 275 g/mol. The van der Waals surface area contributed by atoms with Gasteiger partial charge in [0.25, 0.3) is 5.91 Å². The van der Waals surface area contributed by atoms with E-state index < -0.39 is 0 Å². The highest BCUT2D eigenvalue weighted by atomic mass is 16.5. The smallest absolute Gasteiger partial charge is 0.252 e. The van der Waals surface area contributed by atoms with Crippen molar-refractivity contribution in [3.05, 3.63) is 35.9 Å². The van der Waals surface area contributed by atoms with Gasteiger partial charge < -0.3 is 14.4 Å². The summed E-state index contributed by atoms with van der Waals surface area (Å²) in [5, 5.41) is 0. The van der Waals surface area contributed by atoms with Crippen molar-refractivity contribution in [2.45, 2.75) is 38.0 Å². The Kier molecular flexibility index (Phi) is 4.03. The van der Waals surface area contributed by atoms with Crippen LogP contribution in [0.1, 0.15) is 31.4 Å². The maximum Gasteiger partial charge on any atom is 0.252 e. The van der Waals surface area contributed by atoms with Crippen LogP contribution in [0.15, 0.2) is 30.3 Å². The van der Waals surface area contributed by atoms with E-state index in [0.29, 0.717) is 19.8 Å². The van der Waals surface area contributed by atoms with Crippen LogP contribution in [-0.4, -0.2) is 42.7 Å². The summed E-state index contributed by atoms with van der Waals surface area (Å²) in [7, 11) is 0. The van der Waals surface area contributed by atoms with Crippen LogP contribution in [0.5, 0.6) is 0 Å². The fourth-order valence-corrected chi connectivity index (χ4v) is 2.89. The van der Waals surface area contributed by atoms with Crippen LogP contribution < -0.4 is 0 Å². The van der Waals surface area contributed by atoms with E-state index in [1.807, 2.05) is 30.0 Å². The summed E-state index contributed by atoms with van der Waals surface area (Å²) >= 11 is 0. The summed E-state index contributed by atoms with van der Waals surface area (Å²) in [5.41, 5.74) is 1.13. The molecule has 0 aliphatic carbocycles. The summed E-state index contributed by atoms with van der Waals surface area (Å²) < 4.78 is 11.4. The van der Waals surface area contributed by atoms with Gasteiger partial charge in [-0.05, 0) is 25.3 Å². The molecule has 4 nitrogen and oxygen atoms in total. The molecule has 2 fully saturated rings. The van der Waals surface area contributed by atoms with E-state index in [-0.39, 0.29) is 24.2 Å². The fourth-order valence-electron chi connectivity index (χ4n) is 2.89. The third kappa shape index (κ3) is 2.72. The molecule has 2 aliphatic heterocycles. The van der Waals surface area contributed by atoms with Crippen molar-refractivity contribution in [2.75, 3.05) is 19.8 Å². The van der Waals surface area contributed by atoms with Gasteiger partial charge in [-0.15, -0.1) is 0 Å². The molecule has 1 aromatic carbocycles. The second kappa shape index (κ2) is 5.94. The molecule has 2 heterocycles. The van der Waals surface area contributed by atoms with Crippen LogP contribution in [0.25, 0.3) is 0 Å². The normalized spacial score (nSPS) is 30.4. The number of carbonyl (C=O) groups is 1. The van der Waals surface area contributed by atoms with E-state index in [9.17, 15) is 4.79 Å². The maximum atomic E-state index is 12.5. The SMILES string of the molecule is CC1COC(c2ccccc2)CN1C(=O)C1CCCO1. The highest BCUT2D eigenvalue weighted by molar-refractivity contribution is 5.81. The summed E-state index contributed by atoms with van der Waals surface area (Å²) in [4.78, 5) is 14.5. The van der Waals surface area contributed by atoms with Gasteiger partial charge in [0, 0.05) is 6.61 Å². The average Bonchev–Trinajstić information content (AvgIpc) is 3.02. The third-order valence-electron chi connectivity index (χ3n) is 4.09. The molecule has 0 N–H and O–H groups in total. The van der Waals surface area contributed by atoms with Gasteiger partial charge in [-0.1, -0.05) is 30.3 Å². The number of hydrogen-bond acceptors (Lipinski definition) is 3. The average molecular weight is 275 g/mol. The van der Waals surface area contributed by atoms with E-state index in [1.165, 1.54) is 0 Å². The van der Waals surface area contributed by atoms with Crippen molar-refractivity contribution in [2.24, 2.45) is 0 Å². The van der Waals surface area contributed by atoms with Gasteiger partial charge in [-0.25, -0.2) is 0 Å². The van der Waals surface area contributed by atoms with Crippen LogP contribution in [0.3, 0.4) is 0 Å². The van der Waals surface area contributed by atoms with Gasteiger partial charge in [-0.2, -0.15) is 0 Å². The summed E-state index contributed by atoms with van der Waals surface area (Å²) in [5.74, 6) is 0.124. The molecule has 0 spiro atoms. The summed E-state index contributed by atoms with van der Waals surface area (Å²) in [6.45, 7) is 3.94. The molecular formula is C16H21NO3. The Labute approximate surface area is 119 Å². The Morgan fingerprint density at radius 1 is 1.25 bits per heavy atom. The van der Waals surface area contributed by atoms with Crippen LogP contribution in [0, 0.1) is 0 Å². The first kappa shape index (κ1) is 13.6. The molecule has 108 valence electrons. The zero-order valence-corrected chi connectivity index (χ0v) is 11.8. The molecule has 0 aromatic heterocycles. The van der Waals surface area contributed by atoms with Gasteiger partial charge in [0.2, 0.25) is 0 Å². The minimum Gasteiger partial charge on any atom is -0.370 e. The zero-order chi connectivity index (χ0) is 13.9. The lowest BCUT2D eigenvalue weighted by Crippen LogP contribution is -2.51. The third-order valence-corrected chi connectivity index (χ3v) is 4.09. The lowest BCUT2D eigenvalue weighted by atomic mass is 10.1. The van der Waals surface area contributed by atoms with Gasteiger partial charge in [-0.3, -0.25) is 4.79 Å². The van der Waals surface area contributed by atoms with Gasteiger partial charge in [0.1, 0.15) is 12.2 Å². The molecule has 0 bridgehead atoms. The largest absolute Gasteiger partial charge is 0.370 e. The van der Waals surface area contributed by atoms with Crippen molar-refractivity contribution >= 4 is 5.91 Å². The standard InChI is InChI=1S/C16H21NO3/c1-12-11-20-15(13-6-3-2-4-7-13)10-17(12)16(18)14-8-5-9-19-14/h2-4,6-7,12,14-15H,5,8-11H2,1H3. The van der Waals surface area contributed by atoms with E-state index in [1.54, 1.807) is 0 Å². The molecule has 20 heavy (non-hydrogen) atoms. The van der Waals surface area contributed by atoms with Crippen molar-refractivity contribution < 1.29 is 14.3 Å². The molecule has 3 rings (SSSR count). The molecule has 1 aromatic rings. The van der Waals surface area contributed by atoms with Crippen LogP contribution in [0.2, 0.25) is 0 Å². The predicted octanol–water partition coefficient (Wildman–Crippen LogP) is 2.15. The number of ether oxygens (including phenoxy) is 2. The number of amides is 1. The topological polar surface area (TPSA) is 38.8 Å². The van der Waals surface area contributed by atoms with Gasteiger partial charge in [0.05, 0.1) is 19.2 Å². The van der Waals surface area contributed by atoms with E-state index in [0.717, 1.165) is 18.4 Å². The Hall–Kier alpha value is -1.39. The number of hydrogen-bond donors (Lipinski definition) is 0. The molecule has 3 atom stereocenters. The predicted molar refractivity (Wildman–Crippen MR) is 75.3 cm³/mol. The van der Waals surface area contributed by atoms with Crippen LogP contribution in [-0.2, 0) is 14.3 Å². The van der Waals surface area contributed by atoms with Gasteiger partial charge >= 0.3 is 0 Å². The molecule has 2 aliphatic rings. The fraction of sp³-hybridized carbons (Fsp3) is 0.562. The second-order valence-corrected chi connectivity index (χ2v) is 5.57. The number of carbonyl (C=O) groups excluding carboxylic acids is 1. The quantitative estimate of drug-likeness (QED) is 0.830. The van der Waals surface area contributed by atoms with E-state index in [2.05, 4.69) is 12.1 Å². The van der Waals surface area contributed by atoms with Crippen LogP contribution in [0.4, 0.5) is 0 Å². The first-order valence-corrected chi connectivity index (χ1v) is 7.34. The number of nitrogens with zero attached hydrogens (tertiary/aromatic N) is 1. The van der Waals surface area contributed by atoms with E-state index >= 15 is 0 Å². The maximum absolute atomic E-state index is 12.5. The van der Waals surface area contributed by atoms with Crippen molar-refractivity contribution in [3.8, 4) is 0 Å². The lowest BCUT2D eigenvalue weighted by molar-refractivity contribution is -0.154. The minimum atomic E-state index is -0.244. The minimum absolute atomic E-state index is 0.0299. The lowest BCUT2D eigenvalue weighted by Gasteiger charge is -2.39. The Balaban J connectivity index is 1.71. The van der Waals surface area contributed by atoms with Crippen molar-refractivity contribution in [1.82, 2.24) is 4.90 Å². The highest BCUT2D eigenvalue weighted by Crippen LogP contribution is 2.26. The molecule has 3 unspecified atom stereocenters. The van der Waals surface area contributed by atoms with Crippen molar-refractivity contribution in [1.29, 1.82) is 0 Å². The first-order chi connectivity index (χ1) is 9.75. The molecule has 0 radical (unpaired) electrons. The molecular weight excluding hydrogens is 254 g/mol. The highest BCUT2D eigenvalue weighted by Gasteiger charge is 2.35. The Morgan fingerprint density at radius 2 is 2.05 bits per heavy atom. The Morgan fingerprint density at radius 3 is 2.75 bits per heavy atom. The summed E-state index contributed by atoms with van der Waals surface area (Å²) in [6, 6.07) is 10.2. The second-order valence-electron chi connectivity index (χ2n) is 5.57. The van der Waals surface area contributed by atoms with Crippen LogP contribution >= 0.6 is 0 Å². The number of benzene rings is 1.